The van der Waals surface area contributed by atoms with Crippen LogP contribution in [0.2, 0.25) is 0 Å². The number of rotatable bonds is 42. The van der Waals surface area contributed by atoms with E-state index >= 15 is 0 Å². The van der Waals surface area contributed by atoms with Crippen LogP contribution >= 0.6 is 23.5 Å². The summed E-state index contributed by atoms with van der Waals surface area (Å²) in [7, 11) is -16.6. The largest absolute Gasteiger partial charge is 0.472 e. The van der Waals surface area contributed by atoms with Crippen LogP contribution in [-0.4, -0.2) is 108 Å². The first-order valence-electron chi connectivity index (χ1n) is 24.9. The Hall–Kier alpha value is -1.89. The molecule has 0 amide bonds. The number of allylic oxidation sites excluding steroid dienone is 8. The van der Waals surface area contributed by atoms with Crippen molar-refractivity contribution in [1.82, 2.24) is 0 Å². The van der Waals surface area contributed by atoms with Crippen LogP contribution in [0.4, 0.5) is 0 Å². The maximum Gasteiger partial charge on any atom is 0.472 e. The minimum atomic E-state index is -5.60. The second-order valence-electron chi connectivity index (χ2n) is 17.4. The fraction of sp³-hybridized carbons (Fsp3) is 0.787. The van der Waals surface area contributed by atoms with Gasteiger partial charge >= 0.3 is 35.4 Å². The summed E-state index contributed by atoms with van der Waals surface area (Å²) in [6.07, 6.45) is 25.5. The lowest BCUT2D eigenvalue weighted by Crippen LogP contribution is -2.65. The van der Waals surface area contributed by atoms with E-state index in [2.05, 4.69) is 71.5 Å². The Morgan fingerprint density at radius 2 is 0.841 bits per heavy atom. The molecule has 8 atom stereocenters. The molecule has 1 saturated carbocycles. The van der Waals surface area contributed by atoms with Gasteiger partial charge in [0.05, 0.1) is 6.61 Å². The van der Waals surface area contributed by atoms with Gasteiger partial charge in [-0.05, 0) is 57.8 Å². The van der Waals surface area contributed by atoms with E-state index in [1.54, 1.807) is 0 Å². The van der Waals surface area contributed by atoms with E-state index in [0.29, 0.717) is 12.8 Å². The molecule has 0 spiro atoms. The number of phosphoric acid groups is 3. The summed E-state index contributed by atoms with van der Waals surface area (Å²) in [6, 6.07) is 0. The van der Waals surface area contributed by atoms with Crippen LogP contribution in [0, 0.1) is 0 Å². The molecule has 1 aliphatic carbocycles. The summed E-state index contributed by atoms with van der Waals surface area (Å²) >= 11 is 0. The van der Waals surface area contributed by atoms with Crippen LogP contribution < -0.4 is 0 Å². The maximum absolute atomic E-state index is 13.1. The van der Waals surface area contributed by atoms with E-state index in [0.717, 1.165) is 77.0 Å². The SMILES string of the molecule is CCCCCC=CCC=CCC=CCC=CCCCCCC(=O)OCC(COP(=O)(O)OC1C(O)C(O)C(OP(=O)(O)O)C(OP(=O)(O)O)C1O)OC(=O)CCCCCCCCCCCCCCC. The third kappa shape index (κ3) is 35.0. The van der Waals surface area contributed by atoms with Crippen molar-refractivity contribution < 1.29 is 90.6 Å². The highest BCUT2D eigenvalue weighted by Gasteiger charge is 2.56. The van der Waals surface area contributed by atoms with Crippen LogP contribution in [0.5, 0.6) is 0 Å². The fourth-order valence-electron chi connectivity index (χ4n) is 7.39. The van der Waals surface area contributed by atoms with Crippen molar-refractivity contribution in [2.45, 2.75) is 224 Å². The van der Waals surface area contributed by atoms with Gasteiger partial charge in [-0.1, -0.05) is 159 Å². The zero-order valence-corrected chi connectivity index (χ0v) is 43.6. The number of hydrogen-bond acceptors (Lipinski definition) is 14. The normalized spacial score (nSPS) is 21.7. The molecule has 1 fully saturated rings. The minimum absolute atomic E-state index is 0.00785. The van der Waals surface area contributed by atoms with E-state index in [1.165, 1.54) is 64.2 Å². The monoisotopic (exact) mass is 1050 g/mol. The molecule has 0 radical (unpaired) electrons. The van der Waals surface area contributed by atoms with Gasteiger partial charge in [0.15, 0.2) is 6.10 Å². The molecule has 8 unspecified atom stereocenters. The third-order valence-corrected chi connectivity index (χ3v) is 13.2. The Kier molecular flexibility index (Phi) is 36.5. The number of phosphoric ester groups is 3. The highest BCUT2D eigenvalue weighted by molar-refractivity contribution is 7.47. The second kappa shape index (κ2) is 38.7. The van der Waals surface area contributed by atoms with E-state index in [4.69, 9.17) is 18.5 Å². The summed E-state index contributed by atoms with van der Waals surface area (Å²) in [4.78, 5) is 73.3. The molecule has 0 aromatic heterocycles. The standard InChI is InChI=1S/C47H85O19P3/c1-3-5-7-9-11-13-15-17-18-19-20-21-22-24-25-27-29-31-33-35-40(48)61-37-39(63-41(49)36-34-32-30-28-26-23-16-14-12-10-8-6-4-2)38-62-69(59,60)66-45-42(50)43(51)46(64-67(53,54)55)47(44(45)52)65-68(56,57)58/h11,13,17-18,20-21,24-25,39,42-47,50-52H,3-10,12,14-16,19,22-23,26-38H2,1-2H3,(H,59,60)(H2,53,54,55)(H2,56,57,58). The molecule has 0 aliphatic heterocycles. The third-order valence-electron chi connectivity index (χ3n) is 11.1. The van der Waals surface area contributed by atoms with Crippen molar-refractivity contribution in [2.24, 2.45) is 0 Å². The first-order chi connectivity index (χ1) is 32.8. The van der Waals surface area contributed by atoms with Gasteiger partial charge in [-0.3, -0.25) is 27.7 Å². The lowest BCUT2D eigenvalue weighted by Gasteiger charge is -2.44. The van der Waals surface area contributed by atoms with E-state index in [-0.39, 0.29) is 12.8 Å². The predicted octanol–water partition coefficient (Wildman–Crippen LogP) is 9.40. The molecule has 8 N–H and O–H groups in total. The quantitative estimate of drug-likeness (QED) is 0.0122. The van der Waals surface area contributed by atoms with Gasteiger partial charge in [-0.25, -0.2) is 13.7 Å². The van der Waals surface area contributed by atoms with Crippen molar-refractivity contribution in [2.75, 3.05) is 13.2 Å². The molecule has 0 aromatic rings. The van der Waals surface area contributed by atoms with Gasteiger partial charge in [-0.15, -0.1) is 0 Å². The fourth-order valence-corrected chi connectivity index (χ4v) is 9.49. The van der Waals surface area contributed by atoms with Gasteiger partial charge in [0, 0.05) is 12.8 Å². The van der Waals surface area contributed by atoms with Crippen molar-refractivity contribution in [3.63, 3.8) is 0 Å². The number of hydrogen-bond donors (Lipinski definition) is 8. The maximum atomic E-state index is 13.1. The average Bonchev–Trinajstić information content (AvgIpc) is 3.28. The molecule has 19 nitrogen and oxygen atoms in total. The zero-order valence-electron chi connectivity index (χ0n) is 40.9. The van der Waals surface area contributed by atoms with Crippen LogP contribution in [0.25, 0.3) is 0 Å². The molecule has 22 heteroatoms. The molecule has 1 aliphatic rings. The Morgan fingerprint density at radius 3 is 1.32 bits per heavy atom. The summed E-state index contributed by atoms with van der Waals surface area (Å²) in [5.74, 6) is -1.33. The van der Waals surface area contributed by atoms with Gasteiger partial charge in [0.25, 0.3) is 0 Å². The number of aliphatic hydroxyl groups excluding tert-OH is 3. The molecule has 0 heterocycles. The topological polar surface area (TPSA) is 303 Å². The predicted molar refractivity (Wildman–Crippen MR) is 261 cm³/mol. The summed E-state index contributed by atoms with van der Waals surface area (Å²) in [5, 5.41) is 31.9. The lowest BCUT2D eigenvalue weighted by atomic mass is 9.85. The molecule has 0 saturated heterocycles. The highest BCUT2D eigenvalue weighted by Crippen LogP contribution is 2.51. The van der Waals surface area contributed by atoms with Crippen molar-refractivity contribution in [3.05, 3.63) is 48.6 Å². The summed E-state index contributed by atoms with van der Waals surface area (Å²) in [5.41, 5.74) is 0. The van der Waals surface area contributed by atoms with E-state index in [1.807, 2.05) is 0 Å². The number of unbranched alkanes of at least 4 members (excludes halogenated alkanes) is 18. The van der Waals surface area contributed by atoms with Gasteiger partial charge in [0.2, 0.25) is 0 Å². The number of esters is 2. The summed E-state index contributed by atoms with van der Waals surface area (Å²) in [6.45, 7) is 2.89. The Labute approximate surface area is 410 Å². The second-order valence-corrected chi connectivity index (χ2v) is 21.2. The molecule has 0 aromatic carbocycles. The lowest BCUT2D eigenvalue weighted by molar-refractivity contribution is -0.213. The Morgan fingerprint density at radius 1 is 0.464 bits per heavy atom. The first-order valence-corrected chi connectivity index (χ1v) is 29.5. The van der Waals surface area contributed by atoms with Gasteiger partial charge < -0.3 is 49.3 Å². The summed E-state index contributed by atoms with van der Waals surface area (Å²) < 4.78 is 65.5. The van der Waals surface area contributed by atoms with E-state index < -0.39 is 91.3 Å². The van der Waals surface area contributed by atoms with Crippen molar-refractivity contribution in [1.29, 1.82) is 0 Å². The molecule has 402 valence electrons. The Bertz CT molecular complexity index is 1630. The number of ether oxygens (including phenoxy) is 2. The van der Waals surface area contributed by atoms with Crippen molar-refractivity contribution >= 4 is 35.4 Å². The Balaban J connectivity index is 2.72. The average molecular weight is 1050 g/mol. The van der Waals surface area contributed by atoms with Crippen LogP contribution in [0.3, 0.4) is 0 Å². The van der Waals surface area contributed by atoms with E-state index in [9.17, 15) is 63.1 Å². The highest BCUT2D eigenvalue weighted by atomic mass is 31.2. The van der Waals surface area contributed by atoms with Crippen LogP contribution in [0.15, 0.2) is 48.6 Å². The molecule has 69 heavy (non-hydrogen) atoms. The zero-order chi connectivity index (χ0) is 51.4. The van der Waals surface area contributed by atoms with Gasteiger partial charge in [-0.2, -0.15) is 0 Å². The minimum Gasteiger partial charge on any atom is -0.462 e. The first kappa shape index (κ1) is 65.1. The van der Waals surface area contributed by atoms with Crippen LogP contribution in [0.1, 0.15) is 181 Å². The molecule has 0 bridgehead atoms. The van der Waals surface area contributed by atoms with Gasteiger partial charge in [0.1, 0.15) is 43.2 Å². The molecule has 1 rings (SSSR count). The number of carbonyl (C=O) groups is 2. The number of aliphatic hydroxyl groups is 3. The van der Waals surface area contributed by atoms with Crippen LogP contribution in [-0.2, 0) is 50.9 Å². The smallest absolute Gasteiger partial charge is 0.462 e. The molecular formula is C47H85O19P3. The molecular weight excluding hydrogens is 961 g/mol. The van der Waals surface area contributed by atoms with Crippen molar-refractivity contribution in [3.8, 4) is 0 Å². The number of carbonyl (C=O) groups excluding carboxylic acids is 2.